The molecule has 2 aliphatic rings. The first kappa shape index (κ1) is 30.4. The van der Waals surface area contributed by atoms with Crippen LogP contribution < -0.4 is 0 Å². The molecular weight excluding hydrogens is 530 g/mol. The van der Waals surface area contributed by atoms with Gasteiger partial charge in [-0.2, -0.15) is 0 Å². The lowest BCUT2D eigenvalue weighted by Crippen LogP contribution is -2.40. The molecule has 0 N–H and O–H groups in total. The average Bonchev–Trinajstić information content (AvgIpc) is 2.93. The number of carbonyl (C=O) groups is 2. The molecule has 0 amide bonds. The molecule has 8 heteroatoms. The zero-order valence-electron chi connectivity index (χ0n) is 21.7. The summed E-state index contributed by atoms with van der Waals surface area (Å²) in [6, 6.07) is 8.69. The Bertz CT molecular complexity index is 1150. The summed E-state index contributed by atoms with van der Waals surface area (Å²) in [7, 11) is -4.01. The third-order valence-corrected chi connectivity index (χ3v) is 10.9. The summed E-state index contributed by atoms with van der Waals surface area (Å²) in [5.74, 6) is -0.343. The van der Waals surface area contributed by atoms with Crippen LogP contribution in [0.1, 0.15) is 89.0 Å². The Morgan fingerprint density at radius 2 is 1.37 bits per heavy atom. The Balaban J connectivity index is 0.000000336. The van der Waals surface area contributed by atoms with Crippen LogP contribution in [0.3, 0.4) is 0 Å². The fourth-order valence-corrected chi connectivity index (χ4v) is 8.18. The van der Waals surface area contributed by atoms with Crippen molar-refractivity contribution in [2.75, 3.05) is 0 Å². The van der Waals surface area contributed by atoms with E-state index in [-0.39, 0.29) is 29.2 Å². The Morgan fingerprint density at radius 3 is 1.92 bits per heavy atom. The van der Waals surface area contributed by atoms with Gasteiger partial charge in [0, 0.05) is 23.4 Å². The molecule has 0 aliphatic heterocycles. The van der Waals surface area contributed by atoms with Crippen molar-refractivity contribution >= 4 is 34.0 Å². The fraction of sp³-hybridized carbons (Fsp3) is 0.533. The lowest BCUT2D eigenvalue weighted by molar-refractivity contribution is -0.108. The minimum Gasteiger partial charge on any atom is -0.303 e. The van der Waals surface area contributed by atoms with Crippen LogP contribution in [0.25, 0.3) is 0 Å². The van der Waals surface area contributed by atoms with Gasteiger partial charge in [0.05, 0.1) is 4.90 Å². The van der Waals surface area contributed by atoms with E-state index >= 15 is 0 Å². The lowest BCUT2D eigenvalue weighted by atomic mass is 9.76. The minimum absolute atomic E-state index is 0.0342. The Kier molecular flexibility index (Phi) is 11.5. The molecule has 208 valence electrons. The van der Waals surface area contributed by atoms with Gasteiger partial charge in [-0.15, -0.1) is 0 Å². The van der Waals surface area contributed by atoms with Gasteiger partial charge in [0.15, 0.2) is 9.84 Å². The predicted molar refractivity (Wildman–Crippen MR) is 146 cm³/mol. The fourth-order valence-electron chi connectivity index (χ4n) is 5.88. The van der Waals surface area contributed by atoms with Gasteiger partial charge >= 0.3 is 0 Å². The molecule has 4 nitrogen and oxygen atoms in total. The first-order valence-electron chi connectivity index (χ1n) is 13.6. The van der Waals surface area contributed by atoms with Crippen LogP contribution in [-0.2, 0) is 24.2 Å². The number of hydrogen-bond acceptors (Lipinski definition) is 4. The van der Waals surface area contributed by atoms with Crippen molar-refractivity contribution in [3.63, 3.8) is 0 Å². The molecular formula is C30H37ClF2O4S. The summed E-state index contributed by atoms with van der Waals surface area (Å²) >= 11 is 5.88. The molecule has 0 heterocycles. The highest BCUT2D eigenvalue weighted by molar-refractivity contribution is 7.92. The van der Waals surface area contributed by atoms with Crippen molar-refractivity contribution in [2.45, 2.75) is 93.1 Å². The van der Waals surface area contributed by atoms with Gasteiger partial charge in [-0.1, -0.05) is 43.7 Å². The topological polar surface area (TPSA) is 68.3 Å². The van der Waals surface area contributed by atoms with Gasteiger partial charge in [-0.05, 0) is 92.8 Å². The van der Waals surface area contributed by atoms with Gasteiger partial charge in [-0.25, -0.2) is 17.2 Å². The van der Waals surface area contributed by atoms with Crippen LogP contribution in [0, 0.1) is 23.5 Å². The smallest absolute Gasteiger partial charge is 0.188 e. The van der Waals surface area contributed by atoms with Gasteiger partial charge in [-0.3, -0.25) is 0 Å². The molecule has 0 spiro atoms. The molecule has 2 aromatic carbocycles. The second-order valence-corrected chi connectivity index (χ2v) is 13.2. The Labute approximate surface area is 230 Å². The summed E-state index contributed by atoms with van der Waals surface area (Å²) < 4.78 is 54.3. The SMILES string of the molecule is O=CCCC1CCC(c2cc(F)ccc2F)(S(=O)(=O)c2ccc(Cl)cc2)CC1.O=CCCC1CCCCC1. The molecule has 0 saturated heterocycles. The van der Waals surface area contributed by atoms with Crippen molar-refractivity contribution in [1.29, 1.82) is 0 Å². The Hall–Kier alpha value is -2.12. The largest absolute Gasteiger partial charge is 0.303 e. The van der Waals surface area contributed by atoms with E-state index in [1.54, 1.807) is 0 Å². The maximum Gasteiger partial charge on any atom is 0.188 e. The number of rotatable bonds is 9. The Morgan fingerprint density at radius 1 is 0.816 bits per heavy atom. The summed E-state index contributed by atoms with van der Waals surface area (Å²) in [6.07, 6.45) is 13.2. The quantitative estimate of drug-likeness (QED) is 0.288. The summed E-state index contributed by atoms with van der Waals surface area (Å²) in [5.41, 5.74) is -0.128. The van der Waals surface area contributed by atoms with Crippen LogP contribution in [0.5, 0.6) is 0 Å². The number of halogens is 3. The maximum absolute atomic E-state index is 14.7. The van der Waals surface area contributed by atoms with E-state index < -0.39 is 26.2 Å². The normalized spacial score (nSPS) is 22.2. The van der Waals surface area contributed by atoms with Crippen molar-refractivity contribution in [2.24, 2.45) is 11.8 Å². The summed E-state index contributed by atoms with van der Waals surface area (Å²) in [5, 5.41) is 0.391. The number of aldehydes is 2. The molecule has 4 rings (SSSR count). The number of sulfone groups is 1. The minimum atomic E-state index is -4.01. The average molecular weight is 567 g/mol. The first-order valence-corrected chi connectivity index (χ1v) is 15.4. The molecule has 0 bridgehead atoms. The third-order valence-electron chi connectivity index (χ3n) is 8.08. The number of hydrogen-bond donors (Lipinski definition) is 0. The van der Waals surface area contributed by atoms with E-state index in [0.29, 0.717) is 30.7 Å². The van der Waals surface area contributed by atoms with E-state index in [2.05, 4.69) is 0 Å². The van der Waals surface area contributed by atoms with Crippen molar-refractivity contribution < 1.29 is 26.8 Å². The van der Waals surface area contributed by atoms with Gasteiger partial charge in [0.25, 0.3) is 0 Å². The van der Waals surface area contributed by atoms with Crippen molar-refractivity contribution in [3.05, 3.63) is 64.7 Å². The molecule has 2 aliphatic carbocycles. The zero-order valence-corrected chi connectivity index (χ0v) is 23.3. The molecule has 0 aromatic heterocycles. The van der Waals surface area contributed by atoms with Crippen LogP contribution in [-0.4, -0.2) is 21.0 Å². The first-order chi connectivity index (χ1) is 18.2. The van der Waals surface area contributed by atoms with Crippen molar-refractivity contribution in [1.82, 2.24) is 0 Å². The monoisotopic (exact) mass is 566 g/mol. The van der Waals surface area contributed by atoms with Gasteiger partial charge in [0.2, 0.25) is 0 Å². The lowest BCUT2D eigenvalue weighted by Gasteiger charge is -2.40. The highest BCUT2D eigenvalue weighted by Crippen LogP contribution is 2.50. The molecule has 2 saturated carbocycles. The van der Waals surface area contributed by atoms with E-state index in [1.165, 1.54) is 56.4 Å². The third kappa shape index (κ3) is 7.50. The number of benzene rings is 2. The van der Waals surface area contributed by atoms with Crippen LogP contribution in [0.2, 0.25) is 5.02 Å². The second kappa shape index (κ2) is 14.3. The molecule has 0 unspecified atom stereocenters. The van der Waals surface area contributed by atoms with E-state index in [4.69, 9.17) is 11.6 Å². The van der Waals surface area contributed by atoms with Crippen LogP contribution in [0.4, 0.5) is 8.78 Å². The second-order valence-electron chi connectivity index (χ2n) is 10.5. The van der Waals surface area contributed by atoms with Crippen LogP contribution in [0.15, 0.2) is 47.4 Å². The summed E-state index contributed by atoms with van der Waals surface area (Å²) in [6.45, 7) is 0. The van der Waals surface area contributed by atoms with E-state index in [0.717, 1.165) is 49.5 Å². The molecule has 2 fully saturated rings. The predicted octanol–water partition coefficient (Wildman–Crippen LogP) is 8.00. The van der Waals surface area contributed by atoms with E-state index in [1.807, 2.05) is 0 Å². The highest BCUT2D eigenvalue weighted by Gasteiger charge is 2.49. The summed E-state index contributed by atoms with van der Waals surface area (Å²) in [4.78, 5) is 20.7. The van der Waals surface area contributed by atoms with Crippen molar-refractivity contribution in [3.8, 4) is 0 Å². The standard InChI is InChI=1S/C21H21ClF2O3S.C9H16O/c22-16-3-6-18(7-4-16)28(26,27)21(19-14-17(23)5-8-20(19)24)11-9-15(10-12-21)2-1-13-25;10-8-4-7-9-5-2-1-3-6-9/h3-8,13-15H,1-2,9-12H2;8-9H,1-7H2. The highest BCUT2D eigenvalue weighted by atomic mass is 35.5. The number of carbonyl (C=O) groups excluding carboxylic acids is 2. The van der Waals surface area contributed by atoms with E-state index in [9.17, 15) is 26.8 Å². The van der Waals surface area contributed by atoms with Crippen LogP contribution >= 0.6 is 11.6 Å². The van der Waals surface area contributed by atoms with Gasteiger partial charge in [0.1, 0.15) is 29.0 Å². The molecule has 0 radical (unpaired) electrons. The maximum atomic E-state index is 14.7. The molecule has 0 atom stereocenters. The van der Waals surface area contributed by atoms with Gasteiger partial charge < -0.3 is 9.59 Å². The molecule has 2 aromatic rings. The zero-order chi connectivity index (χ0) is 27.6. The molecule has 38 heavy (non-hydrogen) atoms.